The molecule has 0 spiro atoms. The molecule has 1 saturated heterocycles. The molecule has 0 bridgehead atoms. The van der Waals surface area contributed by atoms with Crippen molar-refractivity contribution in [2.45, 2.75) is 18.9 Å². The lowest BCUT2D eigenvalue weighted by atomic mass is 10.2. The minimum absolute atomic E-state index is 0.1000. The first-order chi connectivity index (χ1) is 11.5. The van der Waals surface area contributed by atoms with E-state index in [-0.39, 0.29) is 28.5 Å². The zero-order valence-electron chi connectivity index (χ0n) is 12.6. The van der Waals surface area contributed by atoms with Crippen molar-refractivity contribution < 1.29 is 14.8 Å². The number of fused-ring (bicyclic) bond motifs is 1. The molecule has 10 heteroatoms. The van der Waals surface area contributed by atoms with Gasteiger partial charge < -0.3 is 20.1 Å². The summed E-state index contributed by atoms with van der Waals surface area (Å²) in [5.41, 5.74) is 0.525. The number of aromatic hydroxyl groups is 1. The van der Waals surface area contributed by atoms with E-state index in [4.69, 9.17) is 17.0 Å². The van der Waals surface area contributed by atoms with Gasteiger partial charge in [0.05, 0.1) is 16.5 Å². The molecule has 2 heterocycles. The fourth-order valence-electron chi connectivity index (χ4n) is 2.50. The summed E-state index contributed by atoms with van der Waals surface area (Å²) in [6.07, 6.45) is 2.12. The Morgan fingerprint density at radius 1 is 1.58 bits per heavy atom. The maximum Gasteiger partial charge on any atom is 0.270 e. The van der Waals surface area contributed by atoms with Crippen LogP contribution in [0.5, 0.6) is 5.88 Å². The molecule has 0 unspecified atom stereocenters. The summed E-state index contributed by atoms with van der Waals surface area (Å²) in [6.45, 7) is 1.30. The maximum atomic E-state index is 10.9. The molecule has 0 amide bonds. The molecule has 1 aromatic heterocycles. The van der Waals surface area contributed by atoms with E-state index >= 15 is 0 Å². The number of non-ortho nitro benzene ring substituents is 1. The van der Waals surface area contributed by atoms with Crippen LogP contribution in [-0.2, 0) is 4.74 Å². The SMILES string of the molecule is O=[N+]([O-])c1ccc2[nH]c(O)c(N=NC(=S)NC[C@@H]3CCCO3)c2c1. The third-order valence-electron chi connectivity index (χ3n) is 3.69. The number of hydrogen-bond acceptors (Lipinski definition) is 6. The van der Waals surface area contributed by atoms with Gasteiger partial charge in [-0.3, -0.25) is 10.1 Å². The van der Waals surface area contributed by atoms with E-state index in [1.807, 2.05) is 0 Å². The van der Waals surface area contributed by atoms with Gasteiger partial charge in [-0.1, -0.05) is 0 Å². The van der Waals surface area contributed by atoms with E-state index in [1.54, 1.807) is 0 Å². The zero-order valence-corrected chi connectivity index (χ0v) is 13.4. The number of aromatic amines is 1. The second kappa shape index (κ2) is 6.89. The van der Waals surface area contributed by atoms with Crippen LogP contribution in [0.25, 0.3) is 10.9 Å². The van der Waals surface area contributed by atoms with E-state index in [9.17, 15) is 15.2 Å². The van der Waals surface area contributed by atoms with Crippen LogP contribution in [0.2, 0.25) is 0 Å². The molecule has 1 aliphatic heterocycles. The normalized spacial score (nSPS) is 17.6. The van der Waals surface area contributed by atoms with E-state index in [1.165, 1.54) is 18.2 Å². The van der Waals surface area contributed by atoms with Crippen LogP contribution in [0.4, 0.5) is 11.4 Å². The smallest absolute Gasteiger partial charge is 0.270 e. The summed E-state index contributed by atoms with van der Waals surface area (Å²) in [7, 11) is 0. The predicted octanol–water partition coefficient (Wildman–Crippen LogP) is 2.92. The van der Waals surface area contributed by atoms with Crippen LogP contribution in [-0.4, -0.2) is 39.4 Å². The Hall–Kier alpha value is -2.59. The van der Waals surface area contributed by atoms with Crippen LogP contribution in [0.15, 0.2) is 28.4 Å². The fourth-order valence-corrected chi connectivity index (χ4v) is 2.63. The first-order valence-corrected chi connectivity index (χ1v) is 7.75. The largest absolute Gasteiger partial charge is 0.493 e. The topological polar surface area (TPSA) is 125 Å². The Bertz CT molecular complexity index is 813. The van der Waals surface area contributed by atoms with Gasteiger partial charge in [-0.15, -0.1) is 10.2 Å². The van der Waals surface area contributed by atoms with Gasteiger partial charge in [0.25, 0.3) is 5.69 Å². The molecule has 1 aliphatic rings. The molecule has 0 aliphatic carbocycles. The maximum absolute atomic E-state index is 10.9. The second-order valence-electron chi connectivity index (χ2n) is 5.33. The van der Waals surface area contributed by atoms with Crippen LogP contribution in [0.1, 0.15) is 12.8 Å². The summed E-state index contributed by atoms with van der Waals surface area (Å²) < 4.78 is 5.46. The minimum Gasteiger partial charge on any atom is -0.493 e. The highest BCUT2D eigenvalue weighted by atomic mass is 32.1. The second-order valence-corrected chi connectivity index (χ2v) is 5.72. The lowest BCUT2D eigenvalue weighted by Crippen LogP contribution is -2.29. The van der Waals surface area contributed by atoms with Crippen molar-refractivity contribution in [2.75, 3.05) is 13.2 Å². The highest BCUT2D eigenvalue weighted by molar-refractivity contribution is 7.80. The molecule has 1 fully saturated rings. The number of benzene rings is 1. The minimum atomic E-state index is -0.516. The van der Waals surface area contributed by atoms with Gasteiger partial charge in [-0.05, 0) is 31.1 Å². The molecular weight excluding hydrogens is 334 g/mol. The Kier molecular flexibility index (Phi) is 4.67. The van der Waals surface area contributed by atoms with E-state index < -0.39 is 4.92 Å². The molecule has 0 saturated carbocycles. The molecule has 3 rings (SSSR count). The zero-order chi connectivity index (χ0) is 17.1. The summed E-state index contributed by atoms with van der Waals surface area (Å²) in [4.78, 5) is 13.0. The Labute approximate surface area is 141 Å². The Morgan fingerprint density at radius 2 is 2.42 bits per heavy atom. The number of aromatic nitrogens is 1. The number of thiocarbonyl (C=S) groups is 1. The molecule has 24 heavy (non-hydrogen) atoms. The molecule has 1 atom stereocenters. The summed E-state index contributed by atoms with van der Waals surface area (Å²) in [5, 5.41) is 32.0. The number of H-pyrrole nitrogens is 1. The molecule has 2 aromatic rings. The number of azo groups is 1. The standard InChI is InChI=1S/C14H15N5O4S/c20-13-12(10-6-8(19(21)22)3-4-11(10)16-13)17-18-14(24)15-7-9-2-1-5-23-9/h3-4,6,9,16,20H,1-2,5,7H2,(H,15,24)/t9-/m0/s1. The van der Waals surface area contributed by atoms with Crippen LogP contribution in [0, 0.1) is 10.1 Å². The molecular formula is C14H15N5O4S. The Morgan fingerprint density at radius 3 is 3.12 bits per heavy atom. The molecule has 1 aromatic carbocycles. The predicted molar refractivity (Wildman–Crippen MR) is 90.7 cm³/mol. The molecule has 9 nitrogen and oxygen atoms in total. The number of nitrogens with one attached hydrogen (secondary N) is 2. The van der Waals surface area contributed by atoms with Gasteiger partial charge in [0.1, 0.15) is 0 Å². The van der Waals surface area contributed by atoms with Crippen molar-refractivity contribution in [3.8, 4) is 5.88 Å². The summed E-state index contributed by atoms with van der Waals surface area (Å²) >= 11 is 5.07. The number of hydrogen-bond donors (Lipinski definition) is 3. The van der Waals surface area contributed by atoms with Crippen LogP contribution in [0.3, 0.4) is 0 Å². The van der Waals surface area contributed by atoms with Gasteiger partial charge in [0.15, 0.2) is 5.69 Å². The summed E-state index contributed by atoms with van der Waals surface area (Å²) in [5.74, 6) is -0.226. The average molecular weight is 349 g/mol. The van der Waals surface area contributed by atoms with Crippen molar-refractivity contribution in [2.24, 2.45) is 10.2 Å². The van der Waals surface area contributed by atoms with Gasteiger partial charge in [0.2, 0.25) is 11.0 Å². The average Bonchev–Trinajstić information content (AvgIpc) is 3.17. The number of nitro groups is 1. The van der Waals surface area contributed by atoms with Gasteiger partial charge in [-0.25, -0.2) is 0 Å². The van der Waals surface area contributed by atoms with Crippen molar-refractivity contribution in [3.05, 3.63) is 28.3 Å². The van der Waals surface area contributed by atoms with Crippen molar-refractivity contribution >= 4 is 39.6 Å². The van der Waals surface area contributed by atoms with Crippen molar-refractivity contribution in [1.82, 2.24) is 10.3 Å². The van der Waals surface area contributed by atoms with Crippen molar-refractivity contribution in [1.29, 1.82) is 0 Å². The molecule has 0 radical (unpaired) electrons. The number of nitrogens with zero attached hydrogens (tertiary/aromatic N) is 3. The molecule has 126 valence electrons. The third-order valence-corrected chi connectivity index (χ3v) is 3.92. The monoisotopic (exact) mass is 349 g/mol. The quantitative estimate of drug-likeness (QED) is 0.337. The van der Waals surface area contributed by atoms with Gasteiger partial charge in [-0.2, -0.15) is 0 Å². The highest BCUT2D eigenvalue weighted by Gasteiger charge is 2.16. The highest BCUT2D eigenvalue weighted by Crippen LogP contribution is 2.37. The third kappa shape index (κ3) is 3.49. The van der Waals surface area contributed by atoms with Crippen LogP contribution >= 0.6 is 12.2 Å². The van der Waals surface area contributed by atoms with Gasteiger partial charge in [0, 0.05) is 30.7 Å². The number of nitro benzene ring substituents is 1. The molecule has 3 N–H and O–H groups in total. The fraction of sp³-hybridized carbons (Fsp3) is 0.357. The first-order valence-electron chi connectivity index (χ1n) is 7.35. The lowest BCUT2D eigenvalue weighted by molar-refractivity contribution is -0.384. The van der Waals surface area contributed by atoms with E-state index in [2.05, 4.69) is 20.5 Å². The van der Waals surface area contributed by atoms with E-state index in [0.29, 0.717) is 17.4 Å². The number of rotatable bonds is 4. The van der Waals surface area contributed by atoms with Crippen LogP contribution < -0.4 is 5.32 Å². The van der Waals surface area contributed by atoms with E-state index in [0.717, 1.165) is 19.4 Å². The number of ether oxygens (including phenoxy) is 1. The lowest BCUT2D eigenvalue weighted by Gasteiger charge is -2.09. The van der Waals surface area contributed by atoms with Crippen molar-refractivity contribution in [3.63, 3.8) is 0 Å². The Balaban J connectivity index is 1.75. The first kappa shape index (κ1) is 16.3. The summed E-state index contributed by atoms with van der Waals surface area (Å²) in [6, 6.07) is 4.16. The van der Waals surface area contributed by atoms with Gasteiger partial charge >= 0.3 is 0 Å².